The highest BCUT2D eigenvalue weighted by atomic mass is 35.5. The second-order valence-corrected chi connectivity index (χ2v) is 7.04. The molecule has 1 aliphatic carbocycles. The molecule has 0 bridgehead atoms. The Kier molecular flexibility index (Phi) is 4.72. The van der Waals surface area contributed by atoms with Crippen LogP contribution >= 0.6 is 35.8 Å². The van der Waals surface area contributed by atoms with E-state index in [1.165, 1.54) is 21.7 Å². The van der Waals surface area contributed by atoms with Gasteiger partial charge in [-0.15, -0.1) is 12.4 Å². The van der Waals surface area contributed by atoms with Crippen LogP contribution in [0.4, 0.5) is 0 Å². The minimum Gasteiger partial charge on any atom is -0.457 e. The maximum atomic E-state index is 5.92. The molecule has 0 fully saturated rings. The Bertz CT molecular complexity index is 847. The second kappa shape index (κ2) is 6.63. The van der Waals surface area contributed by atoms with Crippen LogP contribution in [-0.2, 0) is 6.42 Å². The molecule has 0 spiro atoms. The van der Waals surface area contributed by atoms with Crippen molar-refractivity contribution in [3.8, 4) is 11.5 Å². The Balaban J connectivity index is 0.00000169. The lowest BCUT2D eigenvalue weighted by Gasteiger charge is -2.18. The van der Waals surface area contributed by atoms with Crippen molar-refractivity contribution in [2.75, 3.05) is 7.05 Å². The van der Waals surface area contributed by atoms with Crippen molar-refractivity contribution in [3.63, 3.8) is 0 Å². The van der Waals surface area contributed by atoms with Gasteiger partial charge in [-0.2, -0.15) is 0 Å². The van der Waals surface area contributed by atoms with Crippen molar-refractivity contribution in [2.45, 2.75) is 6.42 Å². The minimum absolute atomic E-state index is 0. The summed E-state index contributed by atoms with van der Waals surface area (Å²) in [5.41, 5.74) is 9.50. The molecular formula is C18H16Cl2N2OS. The van der Waals surface area contributed by atoms with Gasteiger partial charge in [0.15, 0.2) is 0 Å². The van der Waals surface area contributed by atoms with Gasteiger partial charge >= 0.3 is 0 Å². The normalized spacial score (nSPS) is 16.9. The summed E-state index contributed by atoms with van der Waals surface area (Å²) in [6.45, 7) is 0. The third-order valence-electron chi connectivity index (χ3n) is 4.03. The molecule has 0 saturated heterocycles. The number of nitrogens with zero attached hydrogens (tertiary/aromatic N) is 1. The van der Waals surface area contributed by atoms with Gasteiger partial charge in [-0.1, -0.05) is 23.4 Å². The molecule has 2 N–H and O–H groups in total. The van der Waals surface area contributed by atoms with E-state index in [9.17, 15) is 0 Å². The van der Waals surface area contributed by atoms with Crippen LogP contribution in [0.5, 0.6) is 11.5 Å². The SMILES string of the molecule is CN1C2=C(Cc3cc(Oc4ccc(Cl)cc4)ccc32)S/C1=C\N.Cl. The van der Waals surface area contributed by atoms with E-state index < -0.39 is 0 Å². The summed E-state index contributed by atoms with van der Waals surface area (Å²) < 4.78 is 5.92. The van der Waals surface area contributed by atoms with Crippen LogP contribution in [0.2, 0.25) is 5.02 Å². The first-order valence-electron chi connectivity index (χ1n) is 7.29. The predicted molar refractivity (Wildman–Crippen MR) is 103 cm³/mol. The van der Waals surface area contributed by atoms with E-state index in [0.29, 0.717) is 5.02 Å². The zero-order chi connectivity index (χ0) is 16.0. The Morgan fingerprint density at radius 2 is 1.88 bits per heavy atom. The van der Waals surface area contributed by atoms with Gasteiger partial charge in [0.25, 0.3) is 0 Å². The van der Waals surface area contributed by atoms with Gasteiger partial charge in [-0.05, 0) is 48.0 Å². The Morgan fingerprint density at radius 3 is 2.58 bits per heavy atom. The standard InChI is InChI=1S/C18H15ClN2OS.ClH/c1-21-17(10-20)23-16-9-11-8-14(6-7-15(11)18(16)21)22-13-4-2-12(19)3-5-13;/h2-8,10H,9,20H2,1H3;1H/b17-10-;. The molecule has 0 unspecified atom stereocenters. The van der Waals surface area contributed by atoms with Gasteiger partial charge in [-0.25, -0.2) is 0 Å². The molecule has 1 aliphatic heterocycles. The Labute approximate surface area is 156 Å². The highest BCUT2D eigenvalue weighted by Gasteiger charge is 2.32. The van der Waals surface area contributed by atoms with Crippen LogP contribution in [0.25, 0.3) is 5.70 Å². The zero-order valence-electron chi connectivity index (χ0n) is 13.0. The molecule has 6 heteroatoms. The quantitative estimate of drug-likeness (QED) is 0.777. The molecule has 1 heterocycles. The van der Waals surface area contributed by atoms with Gasteiger partial charge in [0.05, 0.1) is 10.7 Å². The molecule has 0 aromatic heterocycles. The summed E-state index contributed by atoms with van der Waals surface area (Å²) in [5.74, 6) is 1.63. The lowest BCUT2D eigenvalue weighted by atomic mass is 10.1. The second-order valence-electron chi connectivity index (χ2n) is 5.49. The van der Waals surface area contributed by atoms with Gasteiger partial charge < -0.3 is 15.4 Å². The summed E-state index contributed by atoms with van der Waals surface area (Å²) in [4.78, 5) is 3.51. The molecule has 2 aromatic rings. The topological polar surface area (TPSA) is 38.5 Å². The van der Waals surface area contributed by atoms with Gasteiger partial charge in [0.1, 0.15) is 11.5 Å². The highest BCUT2D eigenvalue weighted by Crippen LogP contribution is 2.51. The third-order valence-corrected chi connectivity index (χ3v) is 5.49. The first-order chi connectivity index (χ1) is 11.2. The zero-order valence-corrected chi connectivity index (χ0v) is 15.3. The van der Waals surface area contributed by atoms with Crippen LogP contribution in [0.1, 0.15) is 11.1 Å². The van der Waals surface area contributed by atoms with E-state index in [4.69, 9.17) is 22.1 Å². The molecule has 2 aromatic carbocycles. The van der Waals surface area contributed by atoms with Gasteiger partial charge in [0, 0.05) is 35.2 Å². The number of halogens is 2. The molecule has 0 saturated carbocycles. The average molecular weight is 379 g/mol. The van der Waals surface area contributed by atoms with E-state index in [2.05, 4.69) is 24.1 Å². The van der Waals surface area contributed by atoms with Crippen molar-refractivity contribution < 1.29 is 4.74 Å². The lowest BCUT2D eigenvalue weighted by molar-refractivity contribution is 0.482. The number of fused-ring (bicyclic) bond motifs is 2. The fourth-order valence-electron chi connectivity index (χ4n) is 2.96. The fraction of sp³-hybridized carbons (Fsp3) is 0.111. The number of hydrogen-bond donors (Lipinski definition) is 1. The van der Waals surface area contributed by atoms with E-state index in [1.807, 2.05) is 30.3 Å². The number of allylic oxidation sites excluding steroid dienone is 1. The summed E-state index contributed by atoms with van der Waals surface area (Å²) in [5, 5.41) is 1.79. The number of thioether (sulfide) groups is 1. The predicted octanol–water partition coefficient (Wildman–Crippen LogP) is 5.22. The van der Waals surface area contributed by atoms with Crippen molar-refractivity contribution in [2.24, 2.45) is 5.73 Å². The Hall–Kier alpha value is -1.75. The summed E-state index contributed by atoms with van der Waals surface area (Å²) >= 11 is 7.65. The highest BCUT2D eigenvalue weighted by molar-refractivity contribution is 8.07. The molecule has 2 aliphatic rings. The maximum Gasteiger partial charge on any atom is 0.127 e. The van der Waals surface area contributed by atoms with E-state index in [1.54, 1.807) is 18.0 Å². The Morgan fingerprint density at radius 1 is 1.17 bits per heavy atom. The number of hydrogen-bond acceptors (Lipinski definition) is 4. The molecule has 3 nitrogen and oxygen atoms in total. The van der Waals surface area contributed by atoms with Crippen LogP contribution in [0, 0.1) is 0 Å². The summed E-state index contributed by atoms with van der Waals surface area (Å²) in [6, 6.07) is 13.6. The van der Waals surface area contributed by atoms with Crippen LogP contribution in [0.3, 0.4) is 0 Å². The first kappa shape index (κ1) is 17.1. The first-order valence-corrected chi connectivity index (χ1v) is 8.48. The largest absolute Gasteiger partial charge is 0.457 e. The molecule has 4 rings (SSSR count). The average Bonchev–Trinajstić information content (AvgIpc) is 3.05. The molecule has 24 heavy (non-hydrogen) atoms. The van der Waals surface area contributed by atoms with Gasteiger partial charge in [-0.3, -0.25) is 0 Å². The fourth-order valence-corrected chi connectivity index (χ4v) is 4.21. The van der Waals surface area contributed by atoms with Crippen molar-refractivity contribution in [3.05, 3.63) is 74.7 Å². The van der Waals surface area contributed by atoms with E-state index in [-0.39, 0.29) is 12.4 Å². The maximum absolute atomic E-state index is 5.92. The number of nitrogens with two attached hydrogens (primary N) is 1. The molecule has 0 amide bonds. The number of ether oxygens (including phenoxy) is 1. The monoisotopic (exact) mass is 378 g/mol. The third kappa shape index (κ3) is 2.86. The number of benzene rings is 2. The van der Waals surface area contributed by atoms with E-state index >= 15 is 0 Å². The van der Waals surface area contributed by atoms with Crippen LogP contribution < -0.4 is 10.5 Å². The van der Waals surface area contributed by atoms with Crippen molar-refractivity contribution >= 4 is 41.5 Å². The van der Waals surface area contributed by atoms with Crippen LogP contribution in [-0.4, -0.2) is 11.9 Å². The van der Waals surface area contributed by atoms with Crippen molar-refractivity contribution in [1.82, 2.24) is 4.90 Å². The summed E-state index contributed by atoms with van der Waals surface area (Å²) in [7, 11) is 2.06. The molecule has 0 radical (unpaired) electrons. The summed E-state index contributed by atoms with van der Waals surface area (Å²) in [6.07, 6.45) is 2.59. The van der Waals surface area contributed by atoms with Crippen LogP contribution in [0.15, 0.2) is 58.6 Å². The van der Waals surface area contributed by atoms with Crippen molar-refractivity contribution in [1.29, 1.82) is 0 Å². The lowest BCUT2D eigenvalue weighted by Crippen LogP contribution is -2.11. The van der Waals surface area contributed by atoms with Gasteiger partial charge in [0.2, 0.25) is 0 Å². The smallest absolute Gasteiger partial charge is 0.127 e. The van der Waals surface area contributed by atoms with E-state index in [0.717, 1.165) is 22.9 Å². The molecule has 0 atom stereocenters. The minimum atomic E-state index is 0. The molecule has 124 valence electrons. The molecular weight excluding hydrogens is 363 g/mol. The number of rotatable bonds is 2.